The quantitative estimate of drug-likeness (QED) is 0.537. The van der Waals surface area contributed by atoms with E-state index >= 15 is 0 Å². The highest BCUT2D eigenvalue weighted by Gasteiger charge is 2.36. The summed E-state index contributed by atoms with van der Waals surface area (Å²) in [4.78, 5) is 6.07. The number of allylic oxidation sites excluding steroid dienone is 1. The monoisotopic (exact) mass is 456 g/mol. The smallest absolute Gasteiger partial charge is 0.241 e. The van der Waals surface area contributed by atoms with E-state index in [0.717, 1.165) is 26.9 Å². The van der Waals surface area contributed by atoms with Crippen molar-refractivity contribution in [2.24, 2.45) is 5.73 Å². The molecule has 0 amide bonds. The lowest BCUT2D eigenvalue weighted by Crippen LogP contribution is -2.20. The van der Waals surface area contributed by atoms with Crippen molar-refractivity contribution in [1.29, 1.82) is 0 Å². The van der Waals surface area contributed by atoms with Crippen molar-refractivity contribution >= 4 is 27.3 Å². The third-order valence-electron chi connectivity index (χ3n) is 4.73. The molecule has 1 aliphatic rings. The summed E-state index contributed by atoms with van der Waals surface area (Å²) in [5.41, 5.74) is 10.0. The second kappa shape index (κ2) is 7.00. The van der Waals surface area contributed by atoms with Crippen LogP contribution in [0.4, 0.5) is 0 Å². The number of hydrogen-bond donors (Lipinski definition) is 2. The highest BCUT2D eigenvalue weighted by molar-refractivity contribution is 9.10. The maximum Gasteiger partial charge on any atom is 0.241 e. The molecular formula is C20H17BrN4O2S. The van der Waals surface area contributed by atoms with Gasteiger partial charge in [-0.25, -0.2) is 4.85 Å². The van der Waals surface area contributed by atoms with Crippen LogP contribution >= 0.6 is 27.3 Å². The molecule has 1 aliphatic heterocycles. The summed E-state index contributed by atoms with van der Waals surface area (Å²) >= 11 is 5.26. The Bertz CT molecular complexity index is 1160. The Morgan fingerprint density at radius 2 is 2.14 bits per heavy atom. The Morgan fingerprint density at radius 3 is 2.75 bits per heavy atom. The normalized spacial score (nSPS) is 15.8. The molecule has 0 aliphatic carbocycles. The van der Waals surface area contributed by atoms with E-state index in [0.29, 0.717) is 17.3 Å². The summed E-state index contributed by atoms with van der Waals surface area (Å²) < 4.78 is 11.8. The van der Waals surface area contributed by atoms with Gasteiger partial charge < -0.3 is 15.2 Å². The van der Waals surface area contributed by atoms with Crippen molar-refractivity contribution in [3.63, 3.8) is 0 Å². The van der Waals surface area contributed by atoms with E-state index in [2.05, 4.69) is 50.9 Å². The minimum Gasteiger partial charge on any atom is -0.496 e. The van der Waals surface area contributed by atoms with Crippen molar-refractivity contribution in [1.82, 2.24) is 10.2 Å². The fourth-order valence-corrected chi connectivity index (χ4v) is 4.99. The maximum atomic E-state index is 7.70. The average molecular weight is 457 g/mol. The molecule has 28 heavy (non-hydrogen) atoms. The zero-order valence-electron chi connectivity index (χ0n) is 15.5. The Morgan fingerprint density at radius 1 is 1.36 bits per heavy atom. The van der Waals surface area contributed by atoms with Crippen LogP contribution in [0.1, 0.15) is 26.8 Å². The molecule has 4 rings (SSSR count). The molecule has 0 spiro atoms. The van der Waals surface area contributed by atoms with Crippen molar-refractivity contribution in [2.45, 2.75) is 19.8 Å². The molecule has 1 aromatic carbocycles. The molecule has 3 N–H and O–H groups in total. The van der Waals surface area contributed by atoms with Gasteiger partial charge in [0.05, 0.1) is 29.8 Å². The van der Waals surface area contributed by atoms with Gasteiger partial charge in [0, 0.05) is 20.9 Å². The Hall–Kier alpha value is -2.76. The van der Waals surface area contributed by atoms with Gasteiger partial charge in [0.1, 0.15) is 5.75 Å². The third kappa shape index (κ3) is 2.87. The van der Waals surface area contributed by atoms with Crippen molar-refractivity contribution in [3.8, 4) is 22.9 Å². The molecule has 6 nitrogen and oxygen atoms in total. The number of nitrogens with zero attached hydrogens (tertiary/aromatic N) is 2. The number of aromatic nitrogens is 2. The Kier molecular flexibility index (Phi) is 4.65. The van der Waals surface area contributed by atoms with Crippen LogP contribution in [-0.2, 0) is 0 Å². The summed E-state index contributed by atoms with van der Waals surface area (Å²) in [6.45, 7) is 11.8. The zero-order chi connectivity index (χ0) is 20.0. The second-order valence-corrected chi connectivity index (χ2v) is 8.75. The molecule has 1 atom stereocenters. The SMILES string of the molecule is [C-]#[N+]C1=C(N)Oc2n[nH]c(-c3cc(C)sc3C)c2C1c1ccc(OC)c(Br)c1. The first-order valence-electron chi connectivity index (χ1n) is 8.48. The van der Waals surface area contributed by atoms with Gasteiger partial charge in [0.25, 0.3) is 0 Å². The molecular weight excluding hydrogens is 440 g/mol. The van der Waals surface area contributed by atoms with Gasteiger partial charge in [0.2, 0.25) is 11.6 Å². The van der Waals surface area contributed by atoms with Crippen molar-refractivity contribution in [3.05, 3.63) is 72.6 Å². The Labute approximate surface area is 174 Å². The van der Waals surface area contributed by atoms with Gasteiger partial charge in [-0.1, -0.05) is 6.07 Å². The fourth-order valence-electron chi connectivity index (χ4n) is 3.51. The van der Waals surface area contributed by atoms with E-state index < -0.39 is 5.92 Å². The van der Waals surface area contributed by atoms with Crippen LogP contribution in [0, 0.1) is 20.4 Å². The maximum absolute atomic E-state index is 7.70. The molecule has 142 valence electrons. The lowest BCUT2D eigenvalue weighted by Gasteiger charge is -2.24. The molecule has 8 heteroatoms. The summed E-state index contributed by atoms with van der Waals surface area (Å²) in [6, 6.07) is 7.87. The third-order valence-corrected chi connectivity index (χ3v) is 6.32. The molecule has 3 aromatic rings. The van der Waals surface area contributed by atoms with Crippen molar-refractivity contribution < 1.29 is 9.47 Å². The lowest BCUT2D eigenvalue weighted by atomic mass is 9.86. The Balaban J connectivity index is 1.96. The molecule has 0 saturated carbocycles. The van der Waals surface area contributed by atoms with E-state index in [9.17, 15) is 0 Å². The first-order chi connectivity index (χ1) is 13.4. The van der Waals surface area contributed by atoms with Gasteiger partial charge in [-0.3, -0.25) is 5.10 Å². The number of methoxy groups -OCH3 is 1. The van der Waals surface area contributed by atoms with Gasteiger partial charge in [-0.15, -0.1) is 16.4 Å². The molecule has 0 radical (unpaired) electrons. The second-order valence-electron chi connectivity index (χ2n) is 6.43. The van der Waals surface area contributed by atoms with Gasteiger partial charge >= 0.3 is 0 Å². The predicted molar refractivity (Wildman–Crippen MR) is 112 cm³/mol. The number of halogens is 1. The van der Waals surface area contributed by atoms with E-state index in [1.807, 2.05) is 18.2 Å². The van der Waals surface area contributed by atoms with Crippen LogP contribution in [-0.4, -0.2) is 17.3 Å². The molecule has 1 unspecified atom stereocenters. The first kappa shape index (κ1) is 18.6. The average Bonchev–Trinajstić information content (AvgIpc) is 3.22. The minimum atomic E-state index is -0.392. The van der Waals surface area contributed by atoms with Crippen molar-refractivity contribution in [2.75, 3.05) is 7.11 Å². The van der Waals surface area contributed by atoms with Crippen LogP contribution in [0.2, 0.25) is 0 Å². The molecule has 0 fully saturated rings. The topological polar surface area (TPSA) is 77.5 Å². The summed E-state index contributed by atoms with van der Waals surface area (Å²) in [7, 11) is 1.62. The number of benzene rings is 1. The lowest BCUT2D eigenvalue weighted by molar-refractivity contribution is 0.378. The molecule has 2 aromatic heterocycles. The number of nitrogens with two attached hydrogens (primary N) is 1. The van der Waals surface area contributed by atoms with Crippen LogP contribution in [0.15, 0.2) is 40.3 Å². The number of nitrogens with one attached hydrogen (secondary N) is 1. The standard InChI is InChI=1S/C20H17BrN4O2S/c1-9-7-12(10(2)28-9)17-16-15(11-5-6-14(26-4)13(21)8-11)18(23-3)19(22)27-20(16)25-24-17/h5-8,15H,22H2,1-2,4H3,(H,24,25). The minimum absolute atomic E-state index is 0.0794. The number of rotatable bonds is 3. The number of aromatic amines is 1. The number of fused-ring (bicyclic) bond motifs is 1. The van der Waals surface area contributed by atoms with Crippen LogP contribution in [0.5, 0.6) is 11.6 Å². The predicted octanol–water partition coefficient (Wildman–Crippen LogP) is 5.10. The van der Waals surface area contributed by atoms with Gasteiger partial charge in [0.15, 0.2) is 5.88 Å². The highest BCUT2D eigenvalue weighted by atomic mass is 79.9. The first-order valence-corrected chi connectivity index (χ1v) is 10.1. The summed E-state index contributed by atoms with van der Waals surface area (Å²) in [5.74, 6) is 0.807. The molecule has 0 bridgehead atoms. The summed E-state index contributed by atoms with van der Waals surface area (Å²) in [6.07, 6.45) is 0. The van der Waals surface area contributed by atoms with Crippen LogP contribution in [0.3, 0.4) is 0 Å². The van der Waals surface area contributed by atoms with E-state index in [4.69, 9.17) is 21.8 Å². The molecule has 3 heterocycles. The van der Waals surface area contributed by atoms with E-state index in [-0.39, 0.29) is 5.88 Å². The van der Waals surface area contributed by atoms with Crippen LogP contribution < -0.4 is 15.2 Å². The van der Waals surface area contributed by atoms with Gasteiger partial charge in [-0.2, -0.15) is 0 Å². The number of H-pyrrole nitrogens is 1. The van der Waals surface area contributed by atoms with Gasteiger partial charge in [-0.05, 0) is 53.5 Å². The van der Waals surface area contributed by atoms with E-state index in [1.165, 1.54) is 9.75 Å². The number of hydrogen-bond acceptors (Lipinski definition) is 5. The molecule has 0 saturated heterocycles. The number of thiophene rings is 1. The van der Waals surface area contributed by atoms with Crippen LogP contribution in [0.25, 0.3) is 16.1 Å². The zero-order valence-corrected chi connectivity index (χ0v) is 17.9. The van der Waals surface area contributed by atoms with E-state index in [1.54, 1.807) is 18.4 Å². The number of ether oxygens (including phenoxy) is 2. The fraction of sp³-hybridized carbons (Fsp3) is 0.200. The summed E-state index contributed by atoms with van der Waals surface area (Å²) in [5, 5.41) is 7.44. The number of aryl methyl sites for hydroxylation is 2. The largest absolute Gasteiger partial charge is 0.496 e. The highest BCUT2D eigenvalue weighted by Crippen LogP contribution is 2.48.